The first-order chi connectivity index (χ1) is 12.8. The highest BCUT2D eigenvalue weighted by atomic mass is 16.7. The summed E-state index contributed by atoms with van der Waals surface area (Å²) in [5, 5.41) is 0. The Bertz CT molecular complexity index is 816. The van der Waals surface area contributed by atoms with Crippen molar-refractivity contribution >= 4 is 18.3 Å². The molecule has 2 aliphatic heterocycles. The van der Waals surface area contributed by atoms with Crippen molar-refractivity contribution in [3.05, 3.63) is 53.6 Å². The van der Waals surface area contributed by atoms with E-state index in [-0.39, 0.29) is 18.3 Å². The van der Waals surface area contributed by atoms with Crippen molar-refractivity contribution in [3.63, 3.8) is 0 Å². The standard InChI is InChI=1S/C22H28BNO3/c1-21(2)22(3,4)27-23(26-21)17-11-9-16(10-12-17)15-24-14-13-18-19(24)7-6-8-20(18)25-5/h6-12H,13-15H2,1-5H3. The van der Waals surface area contributed by atoms with E-state index < -0.39 is 0 Å². The molecule has 0 unspecified atom stereocenters. The molecular formula is C22H28BNO3. The zero-order valence-electron chi connectivity index (χ0n) is 16.9. The number of hydrogen-bond acceptors (Lipinski definition) is 4. The number of anilines is 1. The minimum Gasteiger partial charge on any atom is -0.496 e. The molecule has 0 aromatic heterocycles. The van der Waals surface area contributed by atoms with Crippen LogP contribution >= 0.6 is 0 Å². The summed E-state index contributed by atoms with van der Waals surface area (Å²) in [6.45, 7) is 10.3. The average Bonchev–Trinajstić information content (AvgIpc) is 3.13. The third kappa shape index (κ3) is 3.23. The second kappa shape index (κ2) is 6.57. The first kappa shape index (κ1) is 18.4. The topological polar surface area (TPSA) is 30.9 Å². The van der Waals surface area contributed by atoms with Gasteiger partial charge in [0.2, 0.25) is 0 Å². The highest BCUT2D eigenvalue weighted by Crippen LogP contribution is 2.37. The van der Waals surface area contributed by atoms with Crippen molar-refractivity contribution < 1.29 is 14.0 Å². The van der Waals surface area contributed by atoms with Crippen LogP contribution in [0.25, 0.3) is 0 Å². The summed E-state index contributed by atoms with van der Waals surface area (Å²) >= 11 is 0. The molecule has 2 heterocycles. The second-order valence-electron chi connectivity index (χ2n) is 8.46. The van der Waals surface area contributed by atoms with Crippen molar-refractivity contribution in [1.82, 2.24) is 0 Å². The van der Waals surface area contributed by atoms with Gasteiger partial charge in [0.05, 0.1) is 18.3 Å². The molecular weight excluding hydrogens is 337 g/mol. The van der Waals surface area contributed by atoms with Crippen molar-refractivity contribution in [2.75, 3.05) is 18.6 Å². The van der Waals surface area contributed by atoms with Crippen LogP contribution in [0.1, 0.15) is 38.8 Å². The molecule has 2 aliphatic rings. The number of nitrogens with zero attached hydrogens (tertiary/aromatic N) is 1. The van der Waals surface area contributed by atoms with Gasteiger partial charge in [-0.3, -0.25) is 0 Å². The smallest absolute Gasteiger partial charge is 0.494 e. The molecule has 1 saturated heterocycles. The van der Waals surface area contributed by atoms with Crippen LogP contribution < -0.4 is 15.1 Å². The molecule has 27 heavy (non-hydrogen) atoms. The van der Waals surface area contributed by atoms with Gasteiger partial charge >= 0.3 is 7.12 Å². The molecule has 142 valence electrons. The highest BCUT2D eigenvalue weighted by Gasteiger charge is 2.51. The molecule has 0 spiro atoms. The van der Waals surface area contributed by atoms with E-state index in [1.807, 2.05) is 6.07 Å². The number of ether oxygens (including phenoxy) is 1. The van der Waals surface area contributed by atoms with E-state index in [0.717, 1.165) is 30.7 Å². The normalized spacial score (nSPS) is 20.0. The Morgan fingerprint density at radius 2 is 1.67 bits per heavy atom. The highest BCUT2D eigenvalue weighted by molar-refractivity contribution is 6.62. The number of fused-ring (bicyclic) bond motifs is 1. The first-order valence-corrected chi connectivity index (χ1v) is 9.66. The summed E-state index contributed by atoms with van der Waals surface area (Å²) in [4.78, 5) is 2.42. The number of methoxy groups -OCH3 is 1. The summed E-state index contributed by atoms with van der Waals surface area (Å²) in [6.07, 6.45) is 1.03. The predicted octanol–water partition coefficient (Wildman–Crippen LogP) is 3.56. The molecule has 0 aliphatic carbocycles. The molecule has 2 aromatic rings. The van der Waals surface area contributed by atoms with Crippen LogP contribution in [-0.2, 0) is 22.3 Å². The van der Waals surface area contributed by atoms with Crippen LogP contribution in [0.15, 0.2) is 42.5 Å². The SMILES string of the molecule is COc1cccc2c1CCN2Cc1ccc(B2OC(C)(C)C(C)(C)O2)cc1. The Morgan fingerprint density at radius 1 is 1.00 bits per heavy atom. The van der Waals surface area contributed by atoms with Crippen molar-refractivity contribution in [2.24, 2.45) is 0 Å². The molecule has 4 nitrogen and oxygen atoms in total. The Hall–Kier alpha value is -1.98. The predicted molar refractivity (Wildman–Crippen MR) is 110 cm³/mol. The van der Waals surface area contributed by atoms with Crippen molar-refractivity contribution in [1.29, 1.82) is 0 Å². The zero-order chi connectivity index (χ0) is 19.2. The van der Waals surface area contributed by atoms with Crippen LogP contribution in [0.5, 0.6) is 5.75 Å². The molecule has 0 amide bonds. The Morgan fingerprint density at radius 3 is 2.30 bits per heavy atom. The number of benzene rings is 2. The molecule has 0 bridgehead atoms. The van der Waals surface area contributed by atoms with Gasteiger partial charge in [-0.15, -0.1) is 0 Å². The van der Waals surface area contributed by atoms with Gasteiger partial charge in [-0.25, -0.2) is 0 Å². The van der Waals surface area contributed by atoms with Gasteiger partial charge in [-0.2, -0.15) is 0 Å². The fourth-order valence-corrected chi connectivity index (χ4v) is 3.80. The fourth-order valence-electron chi connectivity index (χ4n) is 3.80. The van der Waals surface area contributed by atoms with E-state index >= 15 is 0 Å². The summed E-state index contributed by atoms with van der Waals surface area (Å²) in [5.74, 6) is 0.992. The molecule has 5 heteroatoms. The lowest BCUT2D eigenvalue weighted by molar-refractivity contribution is 0.00578. The van der Waals surface area contributed by atoms with Gasteiger partial charge in [0, 0.05) is 24.3 Å². The molecule has 2 aromatic carbocycles. The summed E-state index contributed by atoms with van der Waals surface area (Å²) in [6, 6.07) is 14.9. The number of hydrogen-bond donors (Lipinski definition) is 0. The Balaban J connectivity index is 1.48. The van der Waals surface area contributed by atoms with E-state index in [0.29, 0.717) is 0 Å². The van der Waals surface area contributed by atoms with Gasteiger partial charge in [0.1, 0.15) is 5.75 Å². The average molecular weight is 365 g/mol. The Labute approximate surface area is 162 Å². The van der Waals surface area contributed by atoms with Gasteiger partial charge in [0.25, 0.3) is 0 Å². The third-order valence-electron chi connectivity index (χ3n) is 6.18. The molecule has 4 rings (SSSR count). The third-order valence-corrected chi connectivity index (χ3v) is 6.18. The van der Waals surface area contributed by atoms with E-state index in [2.05, 4.69) is 69.0 Å². The lowest BCUT2D eigenvalue weighted by Crippen LogP contribution is -2.41. The van der Waals surface area contributed by atoms with Crippen LogP contribution in [0.4, 0.5) is 5.69 Å². The quantitative estimate of drug-likeness (QED) is 0.776. The van der Waals surface area contributed by atoms with E-state index in [1.165, 1.54) is 16.8 Å². The maximum atomic E-state index is 6.15. The number of rotatable bonds is 4. The minimum absolute atomic E-state index is 0.305. The van der Waals surface area contributed by atoms with Crippen LogP contribution in [0.3, 0.4) is 0 Å². The minimum atomic E-state index is -0.311. The van der Waals surface area contributed by atoms with Crippen LogP contribution in [-0.4, -0.2) is 32.0 Å². The van der Waals surface area contributed by atoms with Gasteiger partial charge in [-0.05, 0) is 57.3 Å². The lowest BCUT2D eigenvalue weighted by atomic mass is 9.79. The fraction of sp³-hybridized carbons (Fsp3) is 0.455. The lowest BCUT2D eigenvalue weighted by Gasteiger charge is -2.32. The van der Waals surface area contributed by atoms with Gasteiger partial charge < -0.3 is 18.9 Å². The molecule has 0 N–H and O–H groups in total. The maximum Gasteiger partial charge on any atom is 0.494 e. The molecule has 0 saturated carbocycles. The first-order valence-electron chi connectivity index (χ1n) is 9.66. The van der Waals surface area contributed by atoms with Crippen molar-refractivity contribution in [3.8, 4) is 5.75 Å². The van der Waals surface area contributed by atoms with Crippen LogP contribution in [0, 0.1) is 0 Å². The van der Waals surface area contributed by atoms with Crippen molar-refractivity contribution in [2.45, 2.75) is 51.9 Å². The van der Waals surface area contributed by atoms with Gasteiger partial charge in [-0.1, -0.05) is 30.3 Å². The molecule has 0 atom stereocenters. The molecule has 1 fully saturated rings. The summed E-state index contributed by atoms with van der Waals surface area (Å²) < 4.78 is 17.8. The summed E-state index contributed by atoms with van der Waals surface area (Å²) in [5.41, 5.74) is 4.33. The van der Waals surface area contributed by atoms with E-state index in [9.17, 15) is 0 Å². The molecule has 0 radical (unpaired) electrons. The monoisotopic (exact) mass is 365 g/mol. The second-order valence-corrected chi connectivity index (χ2v) is 8.46. The maximum absolute atomic E-state index is 6.15. The van der Waals surface area contributed by atoms with Crippen LogP contribution in [0.2, 0.25) is 0 Å². The summed E-state index contributed by atoms with van der Waals surface area (Å²) in [7, 11) is 1.44. The van der Waals surface area contributed by atoms with E-state index in [1.54, 1.807) is 7.11 Å². The Kier molecular flexibility index (Phi) is 4.48. The zero-order valence-corrected chi connectivity index (χ0v) is 16.9. The largest absolute Gasteiger partial charge is 0.496 e. The van der Waals surface area contributed by atoms with Gasteiger partial charge in [0.15, 0.2) is 0 Å². The van der Waals surface area contributed by atoms with E-state index in [4.69, 9.17) is 14.0 Å².